The quantitative estimate of drug-likeness (QED) is 0.868. The number of rotatable bonds is 3. The number of ether oxygens (including phenoxy) is 1. The number of aromatic nitrogens is 2. The van der Waals surface area contributed by atoms with Gasteiger partial charge >= 0.3 is 0 Å². The van der Waals surface area contributed by atoms with E-state index in [0.29, 0.717) is 0 Å². The summed E-state index contributed by atoms with van der Waals surface area (Å²) in [5, 5.41) is 0. The van der Waals surface area contributed by atoms with E-state index < -0.39 is 0 Å². The first kappa shape index (κ1) is 14.2. The predicted octanol–water partition coefficient (Wildman–Crippen LogP) is 2.75. The van der Waals surface area contributed by atoms with Crippen molar-refractivity contribution in [2.75, 3.05) is 13.2 Å². The van der Waals surface area contributed by atoms with E-state index in [1.165, 1.54) is 5.56 Å². The number of benzene rings is 1. The van der Waals surface area contributed by atoms with Crippen molar-refractivity contribution in [1.29, 1.82) is 0 Å². The van der Waals surface area contributed by atoms with E-state index in [4.69, 9.17) is 4.74 Å². The zero-order chi connectivity index (χ0) is 14.7. The Morgan fingerprint density at radius 3 is 2.71 bits per heavy atom. The molecule has 0 aliphatic carbocycles. The van der Waals surface area contributed by atoms with Crippen molar-refractivity contribution in [3.8, 4) is 0 Å². The molecule has 1 aromatic carbocycles. The second-order valence-electron chi connectivity index (χ2n) is 5.65. The Kier molecular flexibility index (Phi) is 4.27. The van der Waals surface area contributed by atoms with Gasteiger partial charge < -0.3 is 4.74 Å². The summed E-state index contributed by atoms with van der Waals surface area (Å²) in [7, 11) is 0. The number of hydrogen-bond acceptors (Lipinski definition) is 4. The van der Waals surface area contributed by atoms with Crippen LogP contribution in [0.2, 0.25) is 0 Å². The Bertz CT molecular complexity index is 570. The van der Waals surface area contributed by atoms with E-state index in [1.54, 1.807) is 0 Å². The van der Waals surface area contributed by atoms with Gasteiger partial charge in [0.1, 0.15) is 0 Å². The molecule has 0 bridgehead atoms. The molecule has 110 valence electrons. The summed E-state index contributed by atoms with van der Waals surface area (Å²) >= 11 is 0. The summed E-state index contributed by atoms with van der Waals surface area (Å²) in [4.78, 5) is 11.3. The van der Waals surface area contributed by atoms with Crippen LogP contribution in [-0.2, 0) is 11.3 Å². The van der Waals surface area contributed by atoms with Gasteiger partial charge in [-0.25, -0.2) is 0 Å². The average Bonchev–Trinajstić information content (AvgIpc) is 2.51. The van der Waals surface area contributed by atoms with Gasteiger partial charge in [0.05, 0.1) is 30.1 Å². The molecule has 0 radical (unpaired) electrons. The first-order chi connectivity index (χ1) is 10.2. The highest BCUT2D eigenvalue weighted by molar-refractivity contribution is 5.20. The monoisotopic (exact) mass is 283 g/mol. The lowest BCUT2D eigenvalue weighted by atomic mass is 10.0. The van der Waals surface area contributed by atoms with Gasteiger partial charge in [-0.3, -0.25) is 14.9 Å². The fourth-order valence-electron chi connectivity index (χ4n) is 2.74. The van der Waals surface area contributed by atoms with Gasteiger partial charge in [-0.15, -0.1) is 0 Å². The highest BCUT2D eigenvalue weighted by Gasteiger charge is 2.28. The molecule has 0 N–H and O–H groups in total. The molecule has 1 aliphatic rings. The van der Waals surface area contributed by atoms with Crippen molar-refractivity contribution in [2.24, 2.45) is 0 Å². The van der Waals surface area contributed by atoms with Crippen LogP contribution in [0.15, 0.2) is 42.7 Å². The van der Waals surface area contributed by atoms with Crippen LogP contribution in [-0.4, -0.2) is 34.1 Å². The van der Waals surface area contributed by atoms with Gasteiger partial charge in [-0.05, 0) is 19.4 Å². The first-order valence-corrected chi connectivity index (χ1v) is 7.40. The van der Waals surface area contributed by atoms with Gasteiger partial charge in [0.15, 0.2) is 0 Å². The van der Waals surface area contributed by atoms with Crippen molar-refractivity contribution >= 4 is 0 Å². The van der Waals surface area contributed by atoms with E-state index in [1.807, 2.05) is 25.4 Å². The summed E-state index contributed by atoms with van der Waals surface area (Å²) in [6.45, 7) is 6.52. The smallest absolute Gasteiger partial charge is 0.0727 e. The molecule has 2 heterocycles. The van der Waals surface area contributed by atoms with Gasteiger partial charge in [0, 0.05) is 25.5 Å². The number of morpholine rings is 1. The second-order valence-corrected chi connectivity index (χ2v) is 5.65. The van der Waals surface area contributed by atoms with Crippen molar-refractivity contribution in [1.82, 2.24) is 14.9 Å². The molecule has 2 atom stereocenters. The molecule has 0 amide bonds. The molecule has 0 spiro atoms. The molecular weight excluding hydrogens is 262 g/mol. The normalized spacial score (nSPS) is 23.1. The molecular formula is C17H21N3O. The Morgan fingerprint density at radius 1 is 1.19 bits per heavy atom. The van der Waals surface area contributed by atoms with Crippen LogP contribution in [0.4, 0.5) is 0 Å². The fraction of sp³-hybridized carbons (Fsp3) is 0.412. The van der Waals surface area contributed by atoms with E-state index >= 15 is 0 Å². The lowest BCUT2D eigenvalue weighted by Crippen LogP contribution is -2.43. The molecule has 4 heteroatoms. The Balaban J connectivity index is 1.80. The molecule has 4 nitrogen and oxygen atoms in total. The number of nitrogens with zero attached hydrogens (tertiary/aromatic N) is 3. The van der Waals surface area contributed by atoms with Gasteiger partial charge in [0.25, 0.3) is 0 Å². The molecule has 0 unspecified atom stereocenters. The van der Waals surface area contributed by atoms with Gasteiger partial charge in [0.2, 0.25) is 0 Å². The third-order valence-electron chi connectivity index (χ3n) is 3.85. The lowest BCUT2D eigenvalue weighted by molar-refractivity contribution is -0.0602. The van der Waals surface area contributed by atoms with Gasteiger partial charge in [-0.2, -0.15) is 0 Å². The average molecular weight is 283 g/mol. The molecule has 1 aliphatic heterocycles. The van der Waals surface area contributed by atoms with E-state index in [-0.39, 0.29) is 12.1 Å². The summed E-state index contributed by atoms with van der Waals surface area (Å²) in [6.07, 6.45) is 3.96. The lowest BCUT2D eigenvalue weighted by Gasteiger charge is -2.38. The summed E-state index contributed by atoms with van der Waals surface area (Å²) in [5.74, 6) is 0. The number of aryl methyl sites for hydroxylation is 1. The summed E-state index contributed by atoms with van der Waals surface area (Å²) < 4.78 is 5.85. The van der Waals surface area contributed by atoms with Crippen LogP contribution < -0.4 is 0 Å². The van der Waals surface area contributed by atoms with Gasteiger partial charge in [-0.1, -0.05) is 30.3 Å². The fourth-order valence-corrected chi connectivity index (χ4v) is 2.74. The highest BCUT2D eigenvalue weighted by atomic mass is 16.5. The molecule has 1 aromatic heterocycles. The van der Waals surface area contributed by atoms with Crippen LogP contribution in [0.3, 0.4) is 0 Å². The minimum absolute atomic E-state index is 0.253. The van der Waals surface area contributed by atoms with Crippen LogP contribution in [0.1, 0.15) is 29.9 Å². The maximum Gasteiger partial charge on any atom is 0.0727 e. The Morgan fingerprint density at radius 2 is 2.00 bits per heavy atom. The van der Waals surface area contributed by atoms with Crippen LogP contribution in [0.5, 0.6) is 0 Å². The van der Waals surface area contributed by atoms with Crippen LogP contribution in [0, 0.1) is 6.92 Å². The molecule has 1 fully saturated rings. The van der Waals surface area contributed by atoms with Crippen molar-refractivity contribution in [3.05, 3.63) is 59.7 Å². The molecule has 0 saturated carbocycles. The minimum atomic E-state index is 0.253. The molecule has 21 heavy (non-hydrogen) atoms. The van der Waals surface area contributed by atoms with Crippen LogP contribution >= 0.6 is 0 Å². The SMILES string of the molecule is Cc1cnc(CN2C[C@@H](C)OC[C@@H]2c2ccccc2)cn1. The van der Waals surface area contributed by atoms with Crippen molar-refractivity contribution < 1.29 is 4.74 Å². The molecule has 1 saturated heterocycles. The molecule has 3 rings (SSSR count). The second kappa shape index (κ2) is 6.33. The maximum atomic E-state index is 5.85. The zero-order valence-corrected chi connectivity index (χ0v) is 12.6. The summed E-state index contributed by atoms with van der Waals surface area (Å²) in [6, 6.07) is 10.8. The van der Waals surface area contributed by atoms with E-state index in [2.05, 4.69) is 46.1 Å². The van der Waals surface area contributed by atoms with Crippen LogP contribution in [0.25, 0.3) is 0 Å². The first-order valence-electron chi connectivity index (χ1n) is 7.40. The Labute approximate surface area is 125 Å². The molecule has 2 aromatic rings. The minimum Gasteiger partial charge on any atom is -0.375 e. The summed E-state index contributed by atoms with van der Waals surface area (Å²) in [5.41, 5.74) is 3.26. The third kappa shape index (κ3) is 3.46. The maximum absolute atomic E-state index is 5.85. The van der Waals surface area contributed by atoms with Crippen molar-refractivity contribution in [2.45, 2.75) is 32.5 Å². The topological polar surface area (TPSA) is 38.2 Å². The zero-order valence-electron chi connectivity index (χ0n) is 12.6. The predicted molar refractivity (Wildman–Crippen MR) is 81.8 cm³/mol. The largest absolute Gasteiger partial charge is 0.375 e. The number of hydrogen-bond donors (Lipinski definition) is 0. The standard InChI is InChI=1S/C17H21N3O/c1-13-8-19-16(9-18-13)11-20-10-14(2)21-12-17(20)15-6-4-3-5-7-15/h3-9,14,17H,10-12H2,1-2H3/t14-,17-/m1/s1. The van der Waals surface area contributed by atoms with E-state index in [0.717, 1.165) is 31.1 Å². The third-order valence-corrected chi connectivity index (χ3v) is 3.85. The Hall–Kier alpha value is -1.78. The van der Waals surface area contributed by atoms with Crippen molar-refractivity contribution in [3.63, 3.8) is 0 Å². The highest BCUT2D eigenvalue weighted by Crippen LogP contribution is 2.27. The van der Waals surface area contributed by atoms with E-state index in [9.17, 15) is 0 Å².